The van der Waals surface area contributed by atoms with E-state index < -0.39 is 11.1 Å². The Hall–Kier alpha value is -1.55. The van der Waals surface area contributed by atoms with E-state index in [1.54, 1.807) is 31.3 Å². The first-order valence-electron chi connectivity index (χ1n) is 3.99. The van der Waals surface area contributed by atoms with Crippen LogP contribution >= 0.6 is 11.6 Å². The van der Waals surface area contributed by atoms with E-state index in [1.165, 1.54) is 4.57 Å². The summed E-state index contributed by atoms with van der Waals surface area (Å²) < 4.78 is 2.33. The van der Waals surface area contributed by atoms with Gasteiger partial charge in [0.25, 0.3) is 0 Å². The maximum atomic E-state index is 11.6. The van der Waals surface area contributed by atoms with Crippen molar-refractivity contribution < 1.29 is 4.79 Å². The molecule has 72 valence electrons. The summed E-state index contributed by atoms with van der Waals surface area (Å²) >= 11 is 5.31. The monoisotopic (exact) mass is 210 g/mol. The molecule has 1 heterocycles. The van der Waals surface area contributed by atoms with Crippen molar-refractivity contribution in [1.82, 2.24) is 9.13 Å². The number of carbonyl (C=O) groups is 1. The van der Waals surface area contributed by atoms with Crippen LogP contribution in [-0.2, 0) is 7.05 Å². The molecule has 0 aliphatic rings. The van der Waals surface area contributed by atoms with Crippen LogP contribution in [0.15, 0.2) is 29.1 Å². The first kappa shape index (κ1) is 9.02. The number of rotatable bonds is 0. The van der Waals surface area contributed by atoms with Gasteiger partial charge in [0.2, 0.25) is 0 Å². The lowest BCUT2D eigenvalue weighted by molar-refractivity contribution is 0.261. The summed E-state index contributed by atoms with van der Waals surface area (Å²) in [5, 5.41) is -0.785. The van der Waals surface area contributed by atoms with Gasteiger partial charge in [0.05, 0.1) is 11.0 Å². The second kappa shape index (κ2) is 2.99. The number of aromatic nitrogens is 2. The van der Waals surface area contributed by atoms with E-state index in [0.29, 0.717) is 11.0 Å². The summed E-state index contributed by atoms with van der Waals surface area (Å²) in [5.41, 5.74) is 0.790. The molecule has 1 aromatic heterocycles. The molecule has 0 saturated heterocycles. The molecule has 0 unspecified atom stereocenters. The molecule has 0 aliphatic carbocycles. The van der Waals surface area contributed by atoms with Gasteiger partial charge in [-0.1, -0.05) is 12.1 Å². The van der Waals surface area contributed by atoms with Crippen LogP contribution in [0.5, 0.6) is 0 Å². The number of fused-ring (bicyclic) bond motifs is 1. The van der Waals surface area contributed by atoms with Crippen LogP contribution in [0.2, 0.25) is 0 Å². The van der Waals surface area contributed by atoms with Crippen molar-refractivity contribution in [3.63, 3.8) is 0 Å². The number of hydrogen-bond donors (Lipinski definition) is 0. The molecule has 2 rings (SSSR count). The number of halogens is 1. The average Bonchev–Trinajstić information content (AvgIpc) is 2.41. The minimum absolute atomic E-state index is 0.425. The van der Waals surface area contributed by atoms with Gasteiger partial charge in [0, 0.05) is 7.05 Å². The number of para-hydroxylation sites is 2. The highest BCUT2D eigenvalue weighted by atomic mass is 35.5. The van der Waals surface area contributed by atoms with E-state index >= 15 is 0 Å². The van der Waals surface area contributed by atoms with Crippen LogP contribution < -0.4 is 5.69 Å². The molecule has 0 N–H and O–H groups in total. The lowest BCUT2D eigenvalue weighted by Crippen LogP contribution is -2.24. The standard InChI is InChI=1S/C9H7ClN2O2/c1-11-6-4-2-3-5-7(6)12(8(10)13)9(11)14/h2-5H,1H3. The van der Waals surface area contributed by atoms with Crippen LogP contribution in [0.1, 0.15) is 0 Å². The smallest absolute Gasteiger partial charge is 0.295 e. The maximum absolute atomic E-state index is 11.6. The van der Waals surface area contributed by atoms with Crippen LogP contribution in [0.4, 0.5) is 4.79 Å². The number of imidazole rings is 1. The molecule has 0 radical (unpaired) electrons. The van der Waals surface area contributed by atoms with E-state index in [-0.39, 0.29) is 0 Å². The Kier molecular flexibility index (Phi) is 1.93. The third-order valence-electron chi connectivity index (χ3n) is 2.14. The minimum Gasteiger partial charge on any atom is -0.295 e. The lowest BCUT2D eigenvalue weighted by Gasteiger charge is -1.92. The van der Waals surface area contributed by atoms with Crippen LogP contribution in [0.25, 0.3) is 11.0 Å². The Morgan fingerprint density at radius 1 is 1.29 bits per heavy atom. The van der Waals surface area contributed by atoms with Crippen molar-refractivity contribution in [1.29, 1.82) is 0 Å². The first-order valence-corrected chi connectivity index (χ1v) is 4.37. The van der Waals surface area contributed by atoms with E-state index in [9.17, 15) is 9.59 Å². The minimum atomic E-state index is -0.785. The maximum Gasteiger partial charge on any atom is 0.336 e. The fourth-order valence-electron chi connectivity index (χ4n) is 1.46. The summed E-state index contributed by atoms with van der Waals surface area (Å²) in [6.07, 6.45) is 0. The first-order chi connectivity index (χ1) is 6.63. The highest BCUT2D eigenvalue weighted by Gasteiger charge is 2.13. The van der Waals surface area contributed by atoms with Crippen molar-refractivity contribution in [2.24, 2.45) is 7.05 Å². The zero-order chi connectivity index (χ0) is 10.3. The van der Waals surface area contributed by atoms with E-state index in [4.69, 9.17) is 11.6 Å². The Morgan fingerprint density at radius 2 is 1.86 bits per heavy atom. The summed E-state index contributed by atoms with van der Waals surface area (Å²) in [5.74, 6) is 0. The third kappa shape index (κ3) is 1.08. The van der Waals surface area contributed by atoms with Crippen molar-refractivity contribution >= 4 is 28.0 Å². The summed E-state index contributed by atoms with van der Waals surface area (Å²) in [6.45, 7) is 0. The third-order valence-corrected chi connectivity index (χ3v) is 2.31. The molecule has 0 aliphatic heterocycles. The highest BCUT2D eigenvalue weighted by molar-refractivity contribution is 6.63. The van der Waals surface area contributed by atoms with Crippen molar-refractivity contribution in [2.45, 2.75) is 0 Å². The Morgan fingerprint density at radius 3 is 2.43 bits per heavy atom. The number of aryl methyl sites for hydroxylation is 1. The Bertz CT molecular complexity index is 568. The van der Waals surface area contributed by atoms with Crippen LogP contribution in [0, 0.1) is 0 Å². The number of carbonyl (C=O) groups excluding carboxylic acids is 1. The van der Waals surface area contributed by atoms with Crippen molar-refractivity contribution in [3.8, 4) is 0 Å². The van der Waals surface area contributed by atoms with Crippen LogP contribution in [-0.4, -0.2) is 14.5 Å². The predicted octanol–water partition coefficient (Wildman–Crippen LogP) is 1.55. The molecule has 0 saturated carbocycles. The van der Waals surface area contributed by atoms with Gasteiger partial charge in [0.1, 0.15) is 0 Å². The average molecular weight is 211 g/mol. The molecule has 0 fully saturated rings. The number of benzene rings is 1. The second-order valence-electron chi connectivity index (χ2n) is 2.92. The molecule has 5 heteroatoms. The largest absolute Gasteiger partial charge is 0.336 e. The lowest BCUT2D eigenvalue weighted by atomic mass is 10.3. The van der Waals surface area contributed by atoms with E-state index in [2.05, 4.69) is 0 Å². The molecule has 0 spiro atoms. The normalized spacial score (nSPS) is 10.7. The van der Waals surface area contributed by atoms with Crippen molar-refractivity contribution in [3.05, 3.63) is 34.7 Å². The Labute approximate surface area is 84.3 Å². The summed E-state index contributed by atoms with van der Waals surface area (Å²) in [7, 11) is 1.60. The zero-order valence-electron chi connectivity index (χ0n) is 7.40. The van der Waals surface area contributed by atoms with Gasteiger partial charge in [-0.25, -0.2) is 9.36 Å². The van der Waals surface area contributed by atoms with Gasteiger partial charge in [0.15, 0.2) is 0 Å². The van der Waals surface area contributed by atoms with Gasteiger partial charge in [-0.3, -0.25) is 9.36 Å². The molecule has 0 amide bonds. The molecule has 0 bridgehead atoms. The fraction of sp³-hybridized carbons (Fsp3) is 0.111. The highest BCUT2D eigenvalue weighted by Crippen LogP contribution is 2.11. The zero-order valence-corrected chi connectivity index (χ0v) is 8.15. The quantitative estimate of drug-likeness (QED) is 0.620. The molecular weight excluding hydrogens is 204 g/mol. The molecule has 2 aromatic rings. The molecule has 1 aromatic carbocycles. The summed E-state index contributed by atoms with van der Waals surface area (Å²) in [4.78, 5) is 22.6. The Balaban J connectivity index is 3.03. The molecule has 14 heavy (non-hydrogen) atoms. The summed E-state index contributed by atoms with van der Waals surface area (Å²) in [6, 6.07) is 6.98. The van der Waals surface area contributed by atoms with Gasteiger partial charge < -0.3 is 0 Å². The fourth-order valence-corrected chi connectivity index (χ4v) is 1.63. The molecular formula is C9H7ClN2O2. The van der Waals surface area contributed by atoms with Gasteiger partial charge in [-0.15, -0.1) is 0 Å². The van der Waals surface area contributed by atoms with Crippen molar-refractivity contribution in [2.75, 3.05) is 0 Å². The van der Waals surface area contributed by atoms with Gasteiger partial charge in [-0.2, -0.15) is 0 Å². The second-order valence-corrected chi connectivity index (χ2v) is 3.24. The predicted molar refractivity (Wildman–Crippen MR) is 53.8 cm³/mol. The van der Waals surface area contributed by atoms with E-state index in [0.717, 1.165) is 4.57 Å². The molecule has 4 nitrogen and oxygen atoms in total. The topological polar surface area (TPSA) is 44.0 Å². The number of hydrogen-bond acceptors (Lipinski definition) is 2. The van der Waals surface area contributed by atoms with Gasteiger partial charge in [-0.05, 0) is 23.7 Å². The molecule has 0 atom stereocenters. The SMILES string of the molecule is Cn1c(=O)n(C(=O)Cl)c2ccccc21. The number of nitrogens with zero attached hydrogens (tertiary/aromatic N) is 2. The van der Waals surface area contributed by atoms with E-state index in [1.807, 2.05) is 0 Å². The van der Waals surface area contributed by atoms with Crippen LogP contribution in [0.3, 0.4) is 0 Å². The van der Waals surface area contributed by atoms with Gasteiger partial charge >= 0.3 is 11.1 Å².